The van der Waals surface area contributed by atoms with Crippen molar-refractivity contribution in [2.24, 2.45) is 5.73 Å². The second-order valence-corrected chi connectivity index (χ2v) is 5.85. The van der Waals surface area contributed by atoms with Gasteiger partial charge >= 0.3 is 0 Å². The van der Waals surface area contributed by atoms with Crippen molar-refractivity contribution in [3.63, 3.8) is 0 Å². The molecule has 2 aromatic rings. The Morgan fingerprint density at radius 2 is 2.22 bits per heavy atom. The summed E-state index contributed by atoms with van der Waals surface area (Å²) in [6.07, 6.45) is 2.38. The van der Waals surface area contributed by atoms with Gasteiger partial charge in [0.05, 0.1) is 17.8 Å². The summed E-state index contributed by atoms with van der Waals surface area (Å²) in [5.74, 6) is 0.935. The largest absolute Gasteiger partial charge is 0.484 e. The van der Waals surface area contributed by atoms with Crippen molar-refractivity contribution in [2.75, 3.05) is 13.6 Å². The molecule has 1 unspecified atom stereocenters. The molecule has 0 aliphatic carbocycles. The minimum atomic E-state index is -0.512. The summed E-state index contributed by atoms with van der Waals surface area (Å²) in [5.41, 5.74) is 6.65. The van der Waals surface area contributed by atoms with Gasteiger partial charge in [-0.1, -0.05) is 11.6 Å². The second-order valence-electron chi connectivity index (χ2n) is 5.44. The molecule has 0 saturated carbocycles. The maximum Gasteiger partial charge on any atom is 0.248 e. The molecule has 2 N–H and O–H groups in total. The minimum absolute atomic E-state index is 0. The standard InChI is InChI=1S/C16H17ClN2O3.ClH/c1-19-6-4-13(11-5-7-21-15(11)9-19)22-14-3-2-10(16(18)20)8-12(14)17;/h2-3,5,7-8,13H,4,6,9H2,1H3,(H2,18,20);1H. The molecular weight excluding hydrogens is 339 g/mol. The zero-order valence-corrected chi connectivity index (χ0v) is 14.2. The minimum Gasteiger partial charge on any atom is -0.484 e. The van der Waals surface area contributed by atoms with E-state index in [0.29, 0.717) is 16.3 Å². The molecule has 1 atom stereocenters. The summed E-state index contributed by atoms with van der Waals surface area (Å²) < 4.78 is 11.6. The molecule has 1 aliphatic heterocycles. The second kappa shape index (κ2) is 7.25. The first-order chi connectivity index (χ1) is 10.5. The van der Waals surface area contributed by atoms with Crippen molar-refractivity contribution in [2.45, 2.75) is 19.1 Å². The molecule has 1 aromatic carbocycles. The highest BCUT2D eigenvalue weighted by atomic mass is 35.5. The van der Waals surface area contributed by atoms with E-state index in [1.165, 1.54) is 6.07 Å². The van der Waals surface area contributed by atoms with Crippen molar-refractivity contribution in [1.29, 1.82) is 0 Å². The van der Waals surface area contributed by atoms with Gasteiger partial charge in [0.1, 0.15) is 17.6 Å². The Bertz CT molecular complexity index is 702. The summed E-state index contributed by atoms with van der Waals surface area (Å²) in [6, 6.07) is 6.75. The van der Waals surface area contributed by atoms with Crippen molar-refractivity contribution in [3.8, 4) is 5.75 Å². The molecular formula is C16H18Cl2N2O3. The molecule has 0 bridgehead atoms. The fraction of sp³-hybridized carbons (Fsp3) is 0.312. The van der Waals surface area contributed by atoms with Gasteiger partial charge in [-0.2, -0.15) is 0 Å². The number of hydrogen-bond acceptors (Lipinski definition) is 4. The summed E-state index contributed by atoms with van der Waals surface area (Å²) >= 11 is 6.20. The zero-order chi connectivity index (χ0) is 15.7. The zero-order valence-electron chi connectivity index (χ0n) is 12.6. The molecule has 0 spiro atoms. The number of hydrogen-bond donors (Lipinski definition) is 1. The van der Waals surface area contributed by atoms with Gasteiger partial charge in [0.25, 0.3) is 0 Å². The lowest BCUT2D eigenvalue weighted by Crippen LogP contribution is -2.18. The smallest absolute Gasteiger partial charge is 0.248 e. The number of primary amides is 1. The quantitative estimate of drug-likeness (QED) is 0.914. The van der Waals surface area contributed by atoms with Crippen molar-refractivity contribution < 1.29 is 13.9 Å². The van der Waals surface area contributed by atoms with Gasteiger partial charge in [0.2, 0.25) is 5.91 Å². The lowest BCUT2D eigenvalue weighted by atomic mass is 10.1. The average Bonchev–Trinajstić information content (AvgIpc) is 2.87. The topological polar surface area (TPSA) is 68.7 Å². The van der Waals surface area contributed by atoms with E-state index in [9.17, 15) is 4.79 Å². The molecule has 0 saturated heterocycles. The Morgan fingerprint density at radius 1 is 1.43 bits per heavy atom. The van der Waals surface area contributed by atoms with Crippen LogP contribution in [-0.2, 0) is 6.54 Å². The van der Waals surface area contributed by atoms with E-state index in [0.717, 1.165) is 30.8 Å². The number of carbonyl (C=O) groups is 1. The Hall–Kier alpha value is -1.69. The van der Waals surface area contributed by atoms with Crippen LogP contribution in [0.2, 0.25) is 5.02 Å². The molecule has 3 rings (SSSR count). The first-order valence-corrected chi connectivity index (χ1v) is 7.43. The number of ether oxygens (including phenoxy) is 1. The molecule has 1 aliphatic rings. The van der Waals surface area contributed by atoms with Crippen LogP contribution < -0.4 is 10.5 Å². The number of fused-ring (bicyclic) bond motifs is 1. The maximum absolute atomic E-state index is 11.2. The van der Waals surface area contributed by atoms with Gasteiger partial charge in [-0.05, 0) is 31.3 Å². The summed E-state index contributed by atoms with van der Waals surface area (Å²) in [6.45, 7) is 1.66. The van der Waals surface area contributed by atoms with Gasteiger partial charge in [-0.15, -0.1) is 12.4 Å². The Morgan fingerprint density at radius 3 is 2.91 bits per heavy atom. The third-order valence-electron chi connectivity index (χ3n) is 3.80. The molecule has 7 heteroatoms. The van der Waals surface area contributed by atoms with Gasteiger partial charge in [-0.25, -0.2) is 0 Å². The molecule has 0 fully saturated rings. The van der Waals surface area contributed by atoms with Crippen LogP contribution in [0, 0.1) is 0 Å². The van der Waals surface area contributed by atoms with Gasteiger partial charge < -0.3 is 14.9 Å². The average molecular weight is 357 g/mol. The Labute approximate surface area is 145 Å². The van der Waals surface area contributed by atoms with Crippen molar-refractivity contribution >= 4 is 29.9 Å². The number of nitrogens with zero attached hydrogens (tertiary/aromatic N) is 1. The summed E-state index contributed by atoms with van der Waals surface area (Å²) in [5, 5.41) is 0.374. The van der Waals surface area contributed by atoms with Crippen LogP contribution in [0.4, 0.5) is 0 Å². The Kier molecular flexibility index (Phi) is 5.57. The van der Waals surface area contributed by atoms with E-state index < -0.39 is 5.91 Å². The van der Waals surface area contributed by atoms with E-state index in [4.69, 9.17) is 26.5 Å². The molecule has 1 aromatic heterocycles. The number of halogens is 2. The van der Waals surface area contributed by atoms with Crippen LogP contribution in [0.25, 0.3) is 0 Å². The first-order valence-electron chi connectivity index (χ1n) is 7.05. The van der Waals surface area contributed by atoms with Crippen LogP contribution in [0.5, 0.6) is 5.75 Å². The SMILES string of the molecule is CN1CCC(Oc2ccc(C(N)=O)cc2Cl)c2ccoc2C1.Cl. The monoisotopic (exact) mass is 356 g/mol. The molecule has 0 radical (unpaired) electrons. The van der Waals surface area contributed by atoms with E-state index in [2.05, 4.69) is 4.90 Å². The van der Waals surface area contributed by atoms with E-state index in [1.54, 1.807) is 18.4 Å². The molecule has 1 amide bonds. The summed E-state index contributed by atoms with van der Waals surface area (Å²) in [4.78, 5) is 13.4. The highest BCUT2D eigenvalue weighted by molar-refractivity contribution is 6.32. The highest BCUT2D eigenvalue weighted by Crippen LogP contribution is 2.34. The van der Waals surface area contributed by atoms with E-state index in [-0.39, 0.29) is 18.5 Å². The Balaban J connectivity index is 0.00000192. The molecule has 23 heavy (non-hydrogen) atoms. The van der Waals surface area contributed by atoms with Gasteiger partial charge in [0.15, 0.2) is 0 Å². The fourth-order valence-corrected chi connectivity index (χ4v) is 2.83. The third-order valence-corrected chi connectivity index (χ3v) is 4.09. The number of carbonyl (C=O) groups excluding carboxylic acids is 1. The fourth-order valence-electron chi connectivity index (χ4n) is 2.61. The highest BCUT2D eigenvalue weighted by Gasteiger charge is 2.25. The lowest BCUT2D eigenvalue weighted by molar-refractivity contribution is 0.1000. The predicted molar refractivity (Wildman–Crippen MR) is 90.2 cm³/mol. The number of benzene rings is 1. The third kappa shape index (κ3) is 3.80. The number of rotatable bonds is 3. The van der Waals surface area contributed by atoms with Crippen LogP contribution >= 0.6 is 24.0 Å². The first kappa shape index (κ1) is 17.7. The van der Waals surface area contributed by atoms with Gasteiger partial charge in [-0.3, -0.25) is 9.69 Å². The van der Waals surface area contributed by atoms with Crippen LogP contribution in [0.15, 0.2) is 34.9 Å². The van der Waals surface area contributed by atoms with Crippen molar-refractivity contribution in [1.82, 2.24) is 4.90 Å². The van der Waals surface area contributed by atoms with Gasteiger partial charge in [0, 0.05) is 24.1 Å². The lowest BCUT2D eigenvalue weighted by Gasteiger charge is -2.19. The van der Waals surface area contributed by atoms with Crippen molar-refractivity contribution in [3.05, 3.63) is 52.4 Å². The predicted octanol–water partition coefficient (Wildman–Crippen LogP) is 3.41. The van der Waals surface area contributed by atoms with E-state index >= 15 is 0 Å². The number of nitrogens with two attached hydrogens (primary N) is 1. The van der Waals surface area contributed by atoms with Crippen LogP contribution in [0.1, 0.15) is 34.2 Å². The van der Waals surface area contributed by atoms with Crippen LogP contribution in [0.3, 0.4) is 0 Å². The number of furan rings is 1. The molecule has 2 heterocycles. The van der Waals surface area contributed by atoms with Crippen LogP contribution in [-0.4, -0.2) is 24.4 Å². The van der Waals surface area contributed by atoms with E-state index in [1.807, 2.05) is 13.1 Å². The summed E-state index contributed by atoms with van der Waals surface area (Å²) in [7, 11) is 2.04. The molecule has 5 nitrogen and oxygen atoms in total. The maximum atomic E-state index is 11.2. The number of amides is 1. The normalized spacial score (nSPS) is 17.7. The molecule has 124 valence electrons.